The molecule has 15 heavy (non-hydrogen) atoms. The van der Waals surface area contributed by atoms with E-state index in [1.807, 2.05) is 0 Å². The molecule has 0 aromatic carbocycles. The van der Waals surface area contributed by atoms with Gasteiger partial charge in [-0.25, -0.2) is 0 Å². The van der Waals surface area contributed by atoms with Gasteiger partial charge >= 0.3 is 0 Å². The van der Waals surface area contributed by atoms with Crippen LogP contribution < -0.4 is 5.32 Å². The van der Waals surface area contributed by atoms with Gasteiger partial charge in [-0.2, -0.15) is 0 Å². The average Bonchev–Trinajstić information content (AvgIpc) is 2.56. The fourth-order valence-electron chi connectivity index (χ4n) is 1.78. The van der Waals surface area contributed by atoms with Gasteiger partial charge in [0.25, 0.3) is 0 Å². The highest BCUT2D eigenvalue weighted by Gasteiger charge is 2.17. The molecular formula is C10H16BrClN2S. The van der Waals surface area contributed by atoms with E-state index >= 15 is 0 Å². The van der Waals surface area contributed by atoms with Crippen molar-refractivity contribution in [2.24, 2.45) is 0 Å². The second-order valence-electron chi connectivity index (χ2n) is 3.78. The number of hydrogen-bond donors (Lipinski definition) is 1. The topological polar surface area (TPSA) is 15.3 Å². The minimum atomic E-state index is 0. The molecule has 1 atom stereocenters. The van der Waals surface area contributed by atoms with Gasteiger partial charge in [0, 0.05) is 32.2 Å². The van der Waals surface area contributed by atoms with Crippen molar-refractivity contribution < 1.29 is 0 Å². The van der Waals surface area contributed by atoms with Gasteiger partial charge in [-0.1, -0.05) is 0 Å². The van der Waals surface area contributed by atoms with Crippen molar-refractivity contribution in [2.45, 2.75) is 19.5 Å². The van der Waals surface area contributed by atoms with Gasteiger partial charge in [0.1, 0.15) is 0 Å². The van der Waals surface area contributed by atoms with Crippen molar-refractivity contribution in [3.8, 4) is 0 Å². The van der Waals surface area contributed by atoms with Crippen LogP contribution in [0, 0.1) is 0 Å². The minimum Gasteiger partial charge on any atom is -0.314 e. The Labute approximate surface area is 110 Å². The zero-order chi connectivity index (χ0) is 9.97. The first-order valence-electron chi connectivity index (χ1n) is 4.93. The van der Waals surface area contributed by atoms with E-state index in [1.54, 1.807) is 11.3 Å². The predicted molar refractivity (Wildman–Crippen MR) is 72.0 cm³/mol. The van der Waals surface area contributed by atoms with Crippen molar-refractivity contribution in [1.29, 1.82) is 0 Å². The molecule has 0 bridgehead atoms. The third kappa shape index (κ3) is 3.71. The molecule has 0 spiro atoms. The van der Waals surface area contributed by atoms with E-state index in [2.05, 4.69) is 44.5 Å². The van der Waals surface area contributed by atoms with Gasteiger partial charge in [0.2, 0.25) is 0 Å². The molecule has 2 nitrogen and oxygen atoms in total. The number of hydrogen-bond acceptors (Lipinski definition) is 3. The summed E-state index contributed by atoms with van der Waals surface area (Å²) in [6, 6.07) is 2.88. The van der Waals surface area contributed by atoms with Crippen molar-refractivity contribution >= 4 is 39.7 Å². The highest BCUT2D eigenvalue weighted by Crippen LogP contribution is 2.22. The van der Waals surface area contributed by atoms with Crippen LogP contribution in [0.25, 0.3) is 0 Å². The van der Waals surface area contributed by atoms with Crippen LogP contribution in [-0.2, 0) is 6.54 Å². The zero-order valence-electron chi connectivity index (χ0n) is 8.70. The number of nitrogens with zero attached hydrogens (tertiary/aromatic N) is 1. The van der Waals surface area contributed by atoms with Crippen LogP contribution >= 0.6 is 39.7 Å². The second-order valence-corrected chi connectivity index (χ2v) is 6.07. The van der Waals surface area contributed by atoms with Gasteiger partial charge < -0.3 is 5.32 Å². The lowest BCUT2D eigenvalue weighted by Gasteiger charge is -2.33. The number of halogens is 2. The van der Waals surface area contributed by atoms with E-state index in [1.165, 1.54) is 9.35 Å². The maximum atomic E-state index is 3.50. The maximum absolute atomic E-state index is 3.50. The molecule has 2 heterocycles. The molecule has 0 unspecified atom stereocenters. The van der Waals surface area contributed by atoms with E-state index in [9.17, 15) is 0 Å². The highest BCUT2D eigenvalue weighted by atomic mass is 79.9. The Kier molecular flexibility index (Phi) is 5.57. The largest absolute Gasteiger partial charge is 0.314 e. The summed E-state index contributed by atoms with van der Waals surface area (Å²) in [5.41, 5.74) is 1.43. The lowest BCUT2D eigenvalue weighted by atomic mass is 10.2. The third-order valence-electron chi connectivity index (χ3n) is 2.65. The fourth-order valence-corrected chi connectivity index (χ4v) is 2.98. The van der Waals surface area contributed by atoms with Crippen molar-refractivity contribution in [2.75, 3.05) is 19.6 Å². The summed E-state index contributed by atoms with van der Waals surface area (Å²) >= 11 is 5.27. The molecule has 5 heteroatoms. The van der Waals surface area contributed by atoms with Crippen LogP contribution in [0.2, 0.25) is 0 Å². The van der Waals surface area contributed by atoms with Crippen molar-refractivity contribution in [3.63, 3.8) is 0 Å². The Hall–Kier alpha value is 0.390. The Morgan fingerprint density at radius 3 is 3.07 bits per heavy atom. The van der Waals surface area contributed by atoms with Gasteiger partial charge in [-0.05, 0) is 39.9 Å². The molecule has 1 aromatic heterocycles. The zero-order valence-corrected chi connectivity index (χ0v) is 11.9. The average molecular weight is 312 g/mol. The molecule has 1 aromatic rings. The van der Waals surface area contributed by atoms with Crippen LogP contribution in [0.1, 0.15) is 12.5 Å². The summed E-state index contributed by atoms with van der Waals surface area (Å²) < 4.78 is 1.23. The third-order valence-corrected chi connectivity index (χ3v) is 4.20. The Bertz CT molecular complexity index is 305. The number of thiophene rings is 1. The summed E-state index contributed by atoms with van der Waals surface area (Å²) in [6.07, 6.45) is 0. The summed E-state index contributed by atoms with van der Waals surface area (Å²) in [7, 11) is 0. The van der Waals surface area contributed by atoms with Crippen LogP contribution in [0.15, 0.2) is 15.2 Å². The lowest BCUT2D eigenvalue weighted by molar-refractivity contribution is 0.166. The SMILES string of the molecule is C[C@@H]1CNCCN1Cc1csc(Br)c1.Cl. The molecule has 1 aliphatic rings. The Morgan fingerprint density at radius 2 is 2.47 bits per heavy atom. The summed E-state index contributed by atoms with van der Waals surface area (Å²) in [5.74, 6) is 0. The van der Waals surface area contributed by atoms with E-state index in [0.29, 0.717) is 6.04 Å². The van der Waals surface area contributed by atoms with E-state index in [0.717, 1.165) is 26.2 Å². The van der Waals surface area contributed by atoms with Crippen LogP contribution in [0.4, 0.5) is 0 Å². The predicted octanol–water partition coefficient (Wildman–Crippen LogP) is 2.73. The lowest BCUT2D eigenvalue weighted by Crippen LogP contribution is -2.49. The van der Waals surface area contributed by atoms with Gasteiger partial charge in [0.15, 0.2) is 0 Å². The molecule has 0 radical (unpaired) electrons. The summed E-state index contributed by atoms with van der Waals surface area (Å²) in [5, 5.41) is 5.64. The van der Waals surface area contributed by atoms with Crippen molar-refractivity contribution in [1.82, 2.24) is 10.2 Å². The summed E-state index contributed by atoms with van der Waals surface area (Å²) in [6.45, 7) is 6.77. The molecule has 1 saturated heterocycles. The van der Waals surface area contributed by atoms with Crippen molar-refractivity contribution in [3.05, 3.63) is 20.8 Å². The first-order valence-corrected chi connectivity index (χ1v) is 6.60. The fraction of sp³-hybridized carbons (Fsp3) is 0.600. The second kappa shape index (κ2) is 6.21. The van der Waals surface area contributed by atoms with E-state index in [4.69, 9.17) is 0 Å². The molecule has 1 N–H and O–H groups in total. The van der Waals surface area contributed by atoms with E-state index < -0.39 is 0 Å². The van der Waals surface area contributed by atoms with Gasteiger partial charge in [0.05, 0.1) is 3.79 Å². The Morgan fingerprint density at radius 1 is 1.67 bits per heavy atom. The Balaban J connectivity index is 0.00000112. The van der Waals surface area contributed by atoms with Gasteiger partial charge in [-0.3, -0.25) is 4.90 Å². The molecule has 1 aliphatic heterocycles. The molecule has 1 fully saturated rings. The molecule has 0 aliphatic carbocycles. The van der Waals surface area contributed by atoms with Crippen LogP contribution in [0.5, 0.6) is 0 Å². The standard InChI is InChI=1S/C10H15BrN2S.ClH/c1-8-5-12-2-3-13(8)6-9-4-10(11)14-7-9;/h4,7-8,12H,2-3,5-6H2,1H3;1H/t8-;/m1./s1. The molecule has 0 amide bonds. The molecule has 86 valence electrons. The monoisotopic (exact) mass is 310 g/mol. The van der Waals surface area contributed by atoms with E-state index in [-0.39, 0.29) is 12.4 Å². The normalized spacial score (nSPS) is 22.4. The van der Waals surface area contributed by atoms with Crippen LogP contribution in [0.3, 0.4) is 0 Å². The van der Waals surface area contributed by atoms with Crippen LogP contribution in [-0.4, -0.2) is 30.6 Å². The maximum Gasteiger partial charge on any atom is 0.0701 e. The molecule has 0 saturated carbocycles. The highest BCUT2D eigenvalue weighted by molar-refractivity contribution is 9.11. The van der Waals surface area contributed by atoms with Gasteiger partial charge in [-0.15, -0.1) is 23.7 Å². The number of rotatable bonds is 2. The number of nitrogens with one attached hydrogen (secondary N) is 1. The number of piperazine rings is 1. The first kappa shape index (κ1) is 13.5. The quantitative estimate of drug-likeness (QED) is 0.903. The smallest absolute Gasteiger partial charge is 0.0701 e. The minimum absolute atomic E-state index is 0. The first-order chi connectivity index (χ1) is 6.75. The summed E-state index contributed by atoms with van der Waals surface area (Å²) in [4.78, 5) is 2.53. The molecule has 2 rings (SSSR count). The molecular weight excluding hydrogens is 296 g/mol.